The molecule has 2 heterocycles. The van der Waals surface area contributed by atoms with Gasteiger partial charge in [0.1, 0.15) is 11.6 Å². The van der Waals surface area contributed by atoms with Gasteiger partial charge in [0.15, 0.2) is 0 Å². The molecule has 0 atom stereocenters. The summed E-state index contributed by atoms with van der Waals surface area (Å²) in [6.07, 6.45) is 6.15. The van der Waals surface area contributed by atoms with E-state index < -0.39 is 0 Å². The van der Waals surface area contributed by atoms with Gasteiger partial charge in [0.25, 0.3) is 0 Å². The normalized spacial score (nSPS) is 11.6. The van der Waals surface area contributed by atoms with E-state index in [1.54, 1.807) is 0 Å². The first-order chi connectivity index (χ1) is 16.6. The van der Waals surface area contributed by atoms with Crippen molar-refractivity contribution in [2.75, 3.05) is 27.2 Å². The van der Waals surface area contributed by atoms with Crippen molar-refractivity contribution in [1.29, 1.82) is 0 Å². The molecule has 0 bridgehead atoms. The third-order valence-corrected chi connectivity index (χ3v) is 6.03. The highest BCUT2D eigenvalue weighted by atomic mass is 15.1. The van der Waals surface area contributed by atoms with Crippen LogP contribution in [0.2, 0.25) is 0 Å². The van der Waals surface area contributed by atoms with E-state index in [0.717, 1.165) is 73.2 Å². The molecule has 4 rings (SSSR count). The van der Waals surface area contributed by atoms with Crippen LogP contribution in [0.15, 0.2) is 60.9 Å². The summed E-state index contributed by atoms with van der Waals surface area (Å²) >= 11 is 0. The van der Waals surface area contributed by atoms with Gasteiger partial charge < -0.3 is 9.97 Å². The number of hydrogen-bond donors (Lipinski definition) is 2. The topological polar surface area (TPSA) is 63.8 Å². The molecule has 0 spiro atoms. The maximum Gasteiger partial charge on any atom is 0.120 e. The van der Waals surface area contributed by atoms with Crippen molar-refractivity contribution < 1.29 is 0 Å². The van der Waals surface area contributed by atoms with Crippen LogP contribution in [0, 0.1) is 0 Å². The van der Waals surface area contributed by atoms with Crippen molar-refractivity contribution in [2.24, 2.45) is 0 Å². The number of nitrogens with zero attached hydrogens (tertiary/aromatic N) is 4. The van der Waals surface area contributed by atoms with E-state index in [2.05, 4.69) is 106 Å². The molecule has 0 aliphatic rings. The van der Waals surface area contributed by atoms with Crippen molar-refractivity contribution in [3.63, 3.8) is 0 Å². The summed E-state index contributed by atoms with van der Waals surface area (Å²) in [6, 6.07) is 17.3. The lowest BCUT2D eigenvalue weighted by Crippen LogP contribution is -2.19. The molecule has 0 fully saturated rings. The van der Waals surface area contributed by atoms with Gasteiger partial charge in [-0.2, -0.15) is 0 Å². The Bertz CT molecular complexity index is 1060. The van der Waals surface area contributed by atoms with Crippen LogP contribution in [0.25, 0.3) is 33.6 Å². The minimum absolute atomic E-state index is 0.839. The van der Waals surface area contributed by atoms with Gasteiger partial charge in [-0.1, -0.05) is 62.4 Å². The largest absolute Gasteiger partial charge is 0.341 e. The molecular weight excluding hydrogens is 420 g/mol. The van der Waals surface area contributed by atoms with Gasteiger partial charge in [0.05, 0.1) is 36.9 Å². The van der Waals surface area contributed by atoms with Gasteiger partial charge in [-0.05, 0) is 62.3 Å². The molecular formula is C28H36N6. The Hall–Kier alpha value is -3.22. The van der Waals surface area contributed by atoms with E-state index in [9.17, 15) is 0 Å². The molecule has 6 heteroatoms. The van der Waals surface area contributed by atoms with E-state index in [4.69, 9.17) is 0 Å². The van der Waals surface area contributed by atoms with Gasteiger partial charge in [0, 0.05) is 0 Å². The zero-order chi connectivity index (χ0) is 23.9. The number of aromatic amines is 2. The Labute approximate surface area is 203 Å². The number of aromatic nitrogens is 4. The quantitative estimate of drug-likeness (QED) is 0.299. The zero-order valence-corrected chi connectivity index (χ0v) is 20.8. The number of imidazole rings is 2. The number of rotatable bonds is 11. The van der Waals surface area contributed by atoms with Gasteiger partial charge in [0.2, 0.25) is 0 Å². The molecule has 6 nitrogen and oxygen atoms in total. The van der Waals surface area contributed by atoms with Gasteiger partial charge in [-0.25, -0.2) is 9.97 Å². The second-order valence-electron chi connectivity index (χ2n) is 9.12. The SMILES string of the molecule is CCCN(C)Cc1ncc(-c2ccc(-c3ccc(-c4cnc(CN(C)CCC)[nH]4)cc3)cc2)[nH]1. The van der Waals surface area contributed by atoms with E-state index >= 15 is 0 Å². The van der Waals surface area contributed by atoms with Crippen molar-refractivity contribution in [2.45, 2.75) is 39.8 Å². The summed E-state index contributed by atoms with van der Waals surface area (Å²) < 4.78 is 0. The molecule has 2 aromatic heterocycles. The molecule has 0 unspecified atom stereocenters. The molecule has 34 heavy (non-hydrogen) atoms. The molecule has 4 aromatic rings. The van der Waals surface area contributed by atoms with Crippen LogP contribution in [-0.2, 0) is 13.1 Å². The van der Waals surface area contributed by atoms with Crippen LogP contribution in [0.1, 0.15) is 38.3 Å². The molecule has 0 aliphatic carbocycles. The van der Waals surface area contributed by atoms with Crippen LogP contribution in [0.4, 0.5) is 0 Å². The molecule has 2 N–H and O–H groups in total. The Balaban J connectivity index is 1.41. The fourth-order valence-corrected chi connectivity index (χ4v) is 4.30. The monoisotopic (exact) mass is 456 g/mol. The molecule has 2 aromatic carbocycles. The van der Waals surface area contributed by atoms with Crippen LogP contribution in [-0.4, -0.2) is 56.9 Å². The predicted molar refractivity (Wildman–Crippen MR) is 140 cm³/mol. The van der Waals surface area contributed by atoms with Crippen LogP contribution >= 0.6 is 0 Å². The molecule has 0 aliphatic heterocycles. The number of nitrogens with one attached hydrogen (secondary N) is 2. The maximum atomic E-state index is 4.55. The van der Waals surface area contributed by atoms with Crippen LogP contribution < -0.4 is 0 Å². The first-order valence-electron chi connectivity index (χ1n) is 12.2. The fraction of sp³-hybridized carbons (Fsp3) is 0.357. The first-order valence-corrected chi connectivity index (χ1v) is 12.2. The van der Waals surface area contributed by atoms with E-state index in [1.165, 1.54) is 11.1 Å². The summed E-state index contributed by atoms with van der Waals surface area (Å²) in [6.45, 7) is 8.21. The Kier molecular flexibility index (Phi) is 7.93. The van der Waals surface area contributed by atoms with Gasteiger partial charge >= 0.3 is 0 Å². The lowest BCUT2D eigenvalue weighted by molar-refractivity contribution is 0.320. The summed E-state index contributed by atoms with van der Waals surface area (Å²) in [7, 11) is 4.26. The van der Waals surface area contributed by atoms with Crippen molar-refractivity contribution in [3.8, 4) is 33.6 Å². The van der Waals surface area contributed by atoms with Crippen LogP contribution in [0.5, 0.6) is 0 Å². The average Bonchev–Trinajstić information content (AvgIpc) is 3.49. The molecule has 178 valence electrons. The minimum Gasteiger partial charge on any atom is -0.341 e. The summed E-state index contributed by atoms with van der Waals surface area (Å²) in [4.78, 5) is 20.6. The third kappa shape index (κ3) is 6.01. The smallest absolute Gasteiger partial charge is 0.120 e. The Morgan fingerprint density at radius 1 is 0.588 bits per heavy atom. The van der Waals surface area contributed by atoms with E-state index in [-0.39, 0.29) is 0 Å². The molecule has 0 saturated heterocycles. The summed E-state index contributed by atoms with van der Waals surface area (Å²) in [5.74, 6) is 2.01. The standard InChI is InChI=1S/C28H36N6/c1-5-15-33(3)19-27-29-17-25(31-27)23-11-7-21(8-12-23)22-9-13-24(14-10-22)26-18-30-28(32-26)20-34(4)16-6-2/h7-14,17-18H,5-6,15-16,19-20H2,1-4H3,(H,29,31)(H,30,32). The van der Waals surface area contributed by atoms with Crippen molar-refractivity contribution >= 4 is 0 Å². The molecule has 0 amide bonds. The van der Waals surface area contributed by atoms with E-state index in [0.29, 0.717) is 0 Å². The van der Waals surface area contributed by atoms with Crippen LogP contribution in [0.3, 0.4) is 0 Å². The Morgan fingerprint density at radius 2 is 0.941 bits per heavy atom. The highest BCUT2D eigenvalue weighted by Gasteiger charge is 2.08. The second kappa shape index (κ2) is 11.3. The third-order valence-electron chi connectivity index (χ3n) is 6.03. The lowest BCUT2D eigenvalue weighted by atomic mass is 10.0. The van der Waals surface area contributed by atoms with Gasteiger partial charge in [-0.15, -0.1) is 0 Å². The minimum atomic E-state index is 0.839. The number of benzene rings is 2. The average molecular weight is 457 g/mol. The maximum absolute atomic E-state index is 4.55. The molecule has 0 radical (unpaired) electrons. The number of H-pyrrole nitrogens is 2. The summed E-state index contributed by atoms with van der Waals surface area (Å²) in [5.41, 5.74) is 6.81. The Morgan fingerprint density at radius 3 is 1.29 bits per heavy atom. The highest BCUT2D eigenvalue weighted by molar-refractivity contribution is 5.71. The lowest BCUT2D eigenvalue weighted by Gasteiger charge is -2.13. The molecule has 0 saturated carbocycles. The number of hydrogen-bond acceptors (Lipinski definition) is 4. The van der Waals surface area contributed by atoms with Crippen molar-refractivity contribution in [3.05, 3.63) is 72.6 Å². The predicted octanol–water partition coefficient (Wildman–Crippen LogP) is 5.82. The highest BCUT2D eigenvalue weighted by Crippen LogP contribution is 2.26. The summed E-state index contributed by atoms with van der Waals surface area (Å²) in [5, 5.41) is 0. The fourth-order valence-electron chi connectivity index (χ4n) is 4.30. The second-order valence-corrected chi connectivity index (χ2v) is 9.12. The zero-order valence-electron chi connectivity index (χ0n) is 20.8. The first kappa shape index (κ1) is 23.9. The van der Waals surface area contributed by atoms with E-state index in [1.807, 2.05) is 12.4 Å². The van der Waals surface area contributed by atoms with Crippen molar-refractivity contribution in [1.82, 2.24) is 29.7 Å². The van der Waals surface area contributed by atoms with Gasteiger partial charge in [-0.3, -0.25) is 9.80 Å².